The fraction of sp³-hybridized carbons (Fsp3) is 0.222. The zero-order chi connectivity index (χ0) is 20.8. The maximum absolute atomic E-state index is 12.8. The molecule has 1 atom stereocenters. The topological polar surface area (TPSA) is 111 Å². The summed E-state index contributed by atoms with van der Waals surface area (Å²) >= 11 is 6.36. The van der Waals surface area contributed by atoms with Crippen LogP contribution < -0.4 is 0 Å². The summed E-state index contributed by atoms with van der Waals surface area (Å²) in [6.07, 6.45) is 1.88. The van der Waals surface area contributed by atoms with E-state index in [-0.39, 0.29) is 23.1 Å². The first-order chi connectivity index (χ1) is 13.7. The van der Waals surface area contributed by atoms with Crippen molar-refractivity contribution in [3.63, 3.8) is 0 Å². The number of carbonyl (C=O) groups is 1. The summed E-state index contributed by atoms with van der Waals surface area (Å²) in [4.78, 5) is 25.2. The third-order valence-corrected chi connectivity index (χ3v) is 7.74. The summed E-state index contributed by atoms with van der Waals surface area (Å²) in [5, 5.41) is 11.2. The Morgan fingerprint density at radius 3 is 2.72 bits per heavy atom. The Bertz CT molecular complexity index is 1170. The van der Waals surface area contributed by atoms with Crippen molar-refractivity contribution in [2.24, 2.45) is 0 Å². The van der Waals surface area contributed by atoms with Gasteiger partial charge in [0.2, 0.25) is 0 Å². The summed E-state index contributed by atoms with van der Waals surface area (Å²) in [5.41, 5.74) is 0.253. The second kappa shape index (κ2) is 7.39. The molecular formula is C18H14N2O6S3. The molecule has 1 aromatic heterocycles. The van der Waals surface area contributed by atoms with E-state index < -0.39 is 20.8 Å². The molecular weight excluding hydrogens is 436 g/mol. The number of benzene rings is 1. The van der Waals surface area contributed by atoms with Crippen LogP contribution in [0.15, 0.2) is 45.7 Å². The largest absolute Gasteiger partial charge is 0.456 e. The Kier molecular flexibility index (Phi) is 5.05. The zero-order valence-electron chi connectivity index (χ0n) is 14.8. The van der Waals surface area contributed by atoms with Gasteiger partial charge in [0, 0.05) is 12.1 Å². The minimum atomic E-state index is -3.15. The van der Waals surface area contributed by atoms with Gasteiger partial charge in [-0.25, -0.2) is 8.42 Å². The number of thioether (sulfide) groups is 1. The first-order valence-corrected chi connectivity index (χ1v) is 11.6. The highest BCUT2D eigenvalue weighted by Crippen LogP contribution is 2.37. The van der Waals surface area contributed by atoms with Gasteiger partial charge in [0.05, 0.1) is 32.9 Å². The molecule has 0 unspecified atom stereocenters. The van der Waals surface area contributed by atoms with Crippen molar-refractivity contribution in [2.45, 2.75) is 12.5 Å². The van der Waals surface area contributed by atoms with Crippen molar-refractivity contribution in [3.8, 4) is 11.3 Å². The third kappa shape index (κ3) is 3.85. The van der Waals surface area contributed by atoms with Gasteiger partial charge in [0.15, 0.2) is 9.84 Å². The van der Waals surface area contributed by atoms with Crippen LogP contribution in [-0.4, -0.2) is 46.0 Å². The molecule has 3 heterocycles. The van der Waals surface area contributed by atoms with Crippen LogP contribution in [0.1, 0.15) is 12.2 Å². The van der Waals surface area contributed by atoms with Gasteiger partial charge in [-0.1, -0.05) is 36.1 Å². The molecule has 150 valence electrons. The molecule has 1 aromatic carbocycles. The predicted molar refractivity (Wildman–Crippen MR) is 113 cm³/mol. The Morgan fingerprint density at radius 1 is 1.28 bits per heavy atom. The summed E-state index contributed by atoms with van der Waals surface area (Å²) in [5.74, 6) is 0.254. The monoisotopic (exact) mass is 450 g/mol. The Balaban J connectivity index is 1.59. The molecule has 2 fully saturated rings. The average Bonchev–Trinajstić information content (AvgIpc) is 3.34. The van der Waals surface area contributed by atoms with Gasteiger partial charge >= 0.3 is 0 Å². The smallest absolute Gasteiger partial charge is 0.280 e. The molecule has 2 aliphatic rings. The van der Waals surface area contributed by atoms with E-state index in [1.54, 1.807) is 30.3 Å². The second-order valence-electron chi connectivity index (χ2n) is 6.58. The lowest BCUT2D eigenvalue weighted by Crippen LogP contribution is -2.39. The third-order valence-electron chi connectivity index (χ3n) is 4.66. The molecule has 8 nitrogen and oxygen atoms in total. The quantitative estimate of drug-likeness (QED) is 0.302. The number of para-hydroxylation sites is 1. The van der Waals surface area contributed by atoms with Crippen molar-refractivity contribution < 1.29 is 22.6 Å². The van der Waals surface area contributed by atoms with Gasteiger partial charge < -0.3 is 4.42 Å². The van der Waals surface area contributed by atoms with Crippen LogP contribution in [0.4, 0.5) is 5.69 Å². The van der Waals surface area contributed by atoms with Crippen LogP contribution in [0, 0.1) is 10.1 Å². The van der Waals surface area contributed by atoms with E-state index in [2.05, 4.69) is 0 Å². The number of furan rings is 1. The van der Waals surface area contributed by atoms with Crippen molar-refractivity contribution in [1.29, 1.82) is 0 Å². The molecule has 0 radical (unpaired) electrons. The number of nitro groups is 1. The Morgan fingerprint density at radius 2 is 2.03 bits per heavy atom. The number of nitrogens with zero attached hydrogens (tertiary/aromatic N) is 2. The summed E-state index contributed by atoms with van der Waals surface area (Å²) in [6.45, 7) is 0. The van der Waals surface area contributed by atoms with Gasteiger partial charge in [-0.05, 0) is 24.6 Å². The Labute approximate surface area is 175 Å². The van der Waals surface area contributed by atoms with Crippen LogP contribution in [0.3, 0.4) is 0 Å². The number of hydrogen-bond donors (Lipinski definition) is 0. The molecule has 2 saturated heterocycles. The van der Waals surface area contributed by atoms with E-state index in [0.717, 1.165) is 11.8 Å². The predicted octanol–water partition coefficient (Wildman–Crippen LogP) is 3.24. The number of amides is 1. The molecule has 0 saturated carbocycles. The molecule has 0 N–H and O–H groups in total. The number of rotatable bonds is 4. The standard InChI is InChI=1S/C18H14N2O6S3/c21-17-16(28-18(27)19(17)11-7-8-29(24,25)10-11)9-12-5-6-15(26-12)13-3-1-2-4-14(13)20(22)23/h1-6,9,11H,7-8,10H2/b16-9-/t11-/m1/s1. The van der Waals surface area contributed by atoms with E-state index in [1.807, 2.05) is 0 Å². The minimum absolute atomic E-state index is 0.0468. The molecule has 1 amide bonds. The molecule has 0 bridgehead atoms. The zero-order valence-corrected chi connectivity index (χ0v) is 17.3. The number of sulfone groups is 1. The molecule has 0 spiro atoms. The average molecular weight is 451 g/mol. The van der Waals surface area contributed by atoms with Crippen molar-refractivity contribution >= 4 is 55.8 Å². The molecule has 0 aliphatic carbocycles. The number of nitro benzene ring substituents is 1. The van der Waals surface area contributed by atoms with E-state index in [4.69, 9.17) is 16.6 Å². The molecule has 2 aliphatic heterocycles. The van der Waals surface area contributed by atoms with Gasteiger partial charge in [-0.15, -0.1) is 0 Å². The van der Waals surface area contributed by atoms with Gasteiger partial charge in [-0.2, -0.15) is 0 Å². The summed E-state index contributed by atoms with van der Waals surface area (Å²) in [6, 6.07) is 8.97. The highest BCUT2D eigenvalue weighted by atomic mass is 32.2. The van der Waals surface area contributed by atoms with Crippen LogP contribution >= 0.6 is 24.0 Å². The van der Waals surface area contributed by atoms with Crippen LogP contribution in [-0.2, 0) is 14.6 Å². The van der Waals surface area contributed by atoms with Crippen molar-refractivity contribution in [2.75, 3.05) is 11.5 Å². The first kappa shape index (κ1) is 19.8. The van der Waals surface area contributed by atoms with Crippen LogP contribution in [0.5, 0.6) is 0 Å². The molecule has 11 heteroatoms. The van der Waals surface area contributed by atoms with Crippen molar-refractivity contribution in [1.82, 2.24) is 4.90 Å². The van der Waals surface area contributed by atoms with E-state index in [0.29, 0.717) is 32.7 Å². The number of thiocarbonyl (C=S) groups is 1. The molecule has 4 rings (SSSR count). The Hall–Kier alpha value is -2.50. The summed E-state index contributed by atoms with van der Waals surface area (Å²) < 4.78 is 29.5. The maximum Gasteiger partial charge on any atom is 0.280 e. The minimum Gasteiger partial charge on any atom is -0.456 e. The van der Waals surface area contributed by atoms with E-state index in [1.165, 1.54) is 17.0 Å². The van der Waals surface area contributed by atoms with Gasteiger partial charge in [-0.3, -0.25) is 19.8 Å². The SMILES string of the molecule is O=C1/C(=C/c2ccc(-c3ccccc3[N+](=O)[O-])o2)SC(=S)N1[C@@H]1CCS(=O)(=O)C1. The lowest BCUT2D eigenvalue weighted by Gasteiger charge is -2.20. The number of hydrogen-bond acceptors (Lipinski definition) is 8. The van der Waals surface area contributed by atoms with Gasteiger partial charge in [0.1, 0.15) is 15.8 Å². The highest BCUT2D eigenvalue weighted by molar-refractivity contribution is 8.26. The number of carbonyl (C=O) groups excluding carboxylic acids is 1. The molecule has 29 heavy (non-hydrogen) atoms. The lowest BCUT2D eigenvalue weighted by atomic mass is 10.1. The van der Waals surface area contributed by atoms with E-state index in [9.17, 15) is 23.3 Å². The van der Waals surface area contributed by atoms with Crippen LogP contribution in [0.25, 0.3) is 17.4 Å². The second-order valence-corrected chi connectivity index (χ2v) is 10.5. The normalized spacial score (nSPS) is 22.6. The lowest BCUT2D eigenvalue weighted by molar-refractivity contribution is -0.384. The highest BCUT2D eigenvalue weighted by Gasteiger charge is 2.42. The molecule has 2 aromatic rings. The maximum atomic E-state index is 12.8. The van der Waals surface area contributed by atoms with Crippen LogP contribution in [0.2, 0.25) is 0 Å². The first-order valence-electron chi connectivity index (χ1n) is 8.56. The van der Waals surface area contributed by atoms with Crippen molar-refractivity contribution in [3.05, 3.63) is 57.2 Å². The van der Waals surface area contributed by atoms with Gasteiger partial charge in [0.25, 0.3) is 11.6 Å². The van der Waals surface area contributed by atoms with E-state index >= 15 is 0 Å². The fourth-order valence-electron chi connectivity index (χ4n) is 3.32. The fourth-order valence-corrected chi connectivity index (χ4v) is 6.40. The summed E-state index contributed by atoms with van der Waals surface area (Å²) in [7, 11) is -3.15.